The van der Waals surface area contributed by atoms with Crippen molar-refractivity contribution < 1.29 is 23.4 Å². The minimum absolute atomic E-state index is 0.000489. The molecule has 0 aliphatic carbocycles. The predicted molar refractivity (Wildman–Crippen MR) is 64.6 cm³/mol. The van der Waals surface area contributed by atoms with Crippen LogP contribution in [0, 0.1) is 0 Å². The third kappa shape index (κ3) is 2.38. The first-order valence-corrected chi connectivity index (χ1v) is 7.46. The first-order chi connectivity index (χ1) is 8.75. The lowest BCUT2D eigenvalue weighted by atomic mass is 10.2. The fraction of sp³-hybridized carbons (Fsp3) is 0.625. The average Bonchev–Trinajstić information content (AvgIpc) is 2.83. The van der Waals surface area contributed by atoms with E-state index in [4.69, 9.17) is 5.11 Å². The highest BCUT2D eigenvalue weighted by Crippen LogP contribution is 2.29. The number of carboxylic acid groups (broad SMARTS) is 1. The van der Waals surface area contributed by atoms with Crippen molar-refractivity contribution in [2.24, 2.45) is 7.05 Å². The highest BCUT2D eigenvalue weighted by Gasteiger charge is 2.45. The van der Waals surface area contributed by atoms with Gasteiger partial charge in [-0.1, -0.05) is 5.21 Å². The Kier molecular flexibility index (Phi) is 3.64. The summed E-state index contributed by atoms with van der Waals surface area (Å²) >= 11 is 2.96. The maximum atomic E-state index is 12.4. The molecular weight excluding hydrogens is 344 g/mol. The number of aliphatic hydroxyl groups is 1. The van der Waals surface area contributed by atoms with E-state index in [1.807, 2.05) is 0 Å². The van der Waals surface area contributed by atoms with Crippen LogP contribution in [0.3, 0.4) is 0 Å². The molecule has 11 heteroatoms. The summed E-state index contributed by atoms with van der Waals surface area (Å²) in [7, 11) is -2.72. The second kappa shape index (κ2) is 4.81. The van der Waals surface area contributed by atoms with E-state index in [0.29, 0.717) is 0 Å². The van der Waals surface area contributed by atoms with Crippen molar-refractivity contribution in [1.29, 1.82) is 0 Å². The van der Waals surface area contributed by atoms with Crippen LogP contribution in [0.5, 0.6) is 0 Å². The molecule has 2 N–H and O–H groups in total. The third-order valence-electron chi connectivity index (χ3n) is 2.81. The zero-order valence-corrected chi connectivity index (χ0v) is 12.2. The van der Waals surface area contributed by atoms with E-state index in [9.17, 15) is 18.3 Å². The first kappa shape index (κ1) is 14.4. The van der Waals surface area contributed by atoms with Gasteiger partial charge in [0.1, 0.15) is 6.04 Å². The fourth-order valence-corrected chi connectivity index (χ4v) is 4.65. The average molecular weight is 355 g/mol. The van der Waals surface area contributed by atoms with Gasteiger partial charge in [0.25, 0.3) is 10.0 Å². The number of rotatable bonds is 3. The lowest BCUT2D eigenvalue weighted by Crippen LogP contribution is -2.41. The largest absolute Gasteiger partial charge is 0.480 e. The van der Waals surface area contributed by atoms with Crippen molar-refractivity contribution in [2.45, 2.75) is 23.6 Å². The number of β-amino-alcohol motifs (C(OH)–C–C–N with tert-alkyl or cyclic N) is 1. The second-order valence-corrected chi connectivity index (χ2v) is 6.68. The van der Waals surface area contributed by atoms with Crippen LogP contribution in [0.2, 0.25) is 0 Å². The highest BCUT2D eigenvalue weighted by molar-refractivity contribution is 9.10. The monoisotopic (exact) mass is 354 g/mol. The van der Waals surface area contributed by atoms with Crippen LogP contribution in [0.25, 0.3) is 0 Å². The van der Waals surface area contributed by atoms with Gasteiger partial charge in [-0.25, -0.2) is 13.1 Å². The van der Waals surface area contributed by atoms with Gasteiger partial charge >= 0.3 is 5.97 Å². The van der Waals surface area contributed by atoms with E-state index in [2.05, 4.69) is 26.2 Å². The lowest BCUT2D eigenvalue weighted by Gasteiger charge is -2.20. The highest BCUT2D eigenvalue weighted by atomic mass is 79.9. The van der Waals surface area contributed by atoms with Crippen LogP contribution in [-0.2, 0) is 21.9 Å². The van der Waals surface area contributed by atoms with E-state index in [0.717, 1.165) is 8.99 Å². The van der Waals surface area contributed by atoms with Crippen molar-refractivity contribution >= 4 is 31.9 Å². The minimum atomic E-state index is -4.10. The van der Waals surface area contributed by atoms with Crippen molar-refractivity contribution in [3.05, 3.63) is 4.60 Å². The van der Waals surface area contributed by atoms with Crippen LogP contribution in [0.15, 0.2) is 9.63 Å². The Morgan fingerprint density at radius 1 is 1.53 bits per heavy atom. The Balaban J connectivity index is 2.48. The molecule has 0 aromatic carbocycles. The number of aliphatic hydroxyl groups excluding tert-OH is 1. The number of aliphatic carboxylic acids is 1. The van der Waals surface area contributed by atoms with Gasteiger partial charge in [0.15, 0.2) is 4.60 Å². The van der Waals surface area contributed by atoms with Gasteiger partial charge in [-0.15, -0.1) is 5.10 Å². The summed E-state index contributed by atoms with van der Waals surface area (Å²) in [5.41, 5.74) is 0. The topological polar surface area (TPSA) is 126 Å². The Morgan fingerprint density at radius 2 is 2.16 bits per heavy atom. The summed E-state index contributed by atoms with van der Waals surface area (Å²) in [6, 6.07) is -1.29. The molecule has 2 heterocycles. The lowest BCUT2D eigenvalue weighted by molar-refractivity contribution is -0.140. The molecule has 9 nitrogen and oxygen atoms in total. The second-order valence-electron chi connectivity index (χ2n) is 4.13. The fourth-order valence-electron chi connectivity index (χ4n) is 1.98. The maximum absolute atomic E-state index is 12.4. The number of halogens is 1. The van der Waals surface area contributed by atoms with Gasteiger partial charge in [0.05, 0.1) is 6.10 Å². The van der Waals surface area contributed by atoms with Crippen molar-refractivity contribution in [3.63, 3.8) is 0 Å². The van der Waals surface area contributed by atoms with Gasteiger partial charge in [0, 0.05) is 20.0 Å². The molecule has 1 fully saturated rings. The molecule has 1 aromatic rings. The molecule has 2 rings (SSSR count). The summed E-state index contributed by atoms with van der Waals surface area (Å²) in [5, 5.41) is 25.4. The molecule has 0 radical (unpaired) electrons. The number of carboxylic acids is 1. The molecule has 0 amide bonds. The molecule has 0 saturated carbocycles. The van der Waals surface area contributed by atoms with Crippen LogP contribution in [0.1, 0.15) is 6.42 Å². The molecule has 1 aromatic heterocycles. The van der Waals surface area contributed by atoms with Crippen molar-refractivity contribution in [1.82, 2.24) is 19.3 Å². The van der Waals surface area contributed by atoms with Crippen LogP contribution in [-0.4, -0.2) is 62.6 Å². The van der Waals surface area contributed by atoms with E-state index in [1.165, 1.54) is 7.05 Å². The molecule has 2 atom stereocenters. The summed E-state index contributed by atoms with van der Waals surface area (Å²) in [6.07, 6.45) is -1.15. The third-order valence-corrected chi connectivity index (χ3v) is 5.57. The minimum Gasteiger partial charge on any atom is -0.480 e. The van der Waals surface area contributed by atoms with Gasteiger partial charge in [-0.3, -0.25) is 4.79 Å². The first-order valence-electron chi connectivity index (χ1n) is 5.23. The summed E-state index contributed by atoms with van der Waals surface area (Å²) in [6.45, 7) is -0.267. The Bertz CT molecular complexity index is 595. The molecule has 1 unspecified atom stereocenters. The SMILES string of the molecule is Cn1nnc(Br)c1S(=O)(=O)N1CC(O)C[C@H]1C(=O)O. The van der Waals surface area contributed by atoms with Gasteiger partial charge in [-0.05, 0) is 15.9 Å². The maximum Gasteiger partial charge on any atom is 0.322 e. The smallest absolute Gasteiger partial charge is 0.322 e. The Morgan fingerprint density at radius 3 is 2.63 bits per heavy atom. The number of hydrogen-bond donors (Lipinski definition) is 2. The summed E-state index contributed by atoms with van der Waals surface area (Å²) in [5.74, 6) is -1.30. The Labute approximate surface area is 117 Å². The van der Waals surface area contributed by atoms with Crippen molar-refractivity contribution in [3.8, 4) is 0 Å². The molecular formula is C8H11BrN4O5S. The van der Waals surface area contributed by atoms with Gasteiger partial charge < -0.3 is 10.2 Å². The molecule has 106 valence electrons. The zero-order chi connectivity index (χ0) is 14.4. The molecule has 1 aliphatic heterocycles. The number of nitrogens with zero attached hydrogens (tertiary/aromatic N) is 4. The van der Waals surface area contributed by atoms with E-state index in [1.54, 1.807) is 0 Å². The normalized spacial score (nSPS) is 24.8. The molecule has 0 bridgehead atoms. The zero-order valence-electron chi connectivity index (χ0n) is 9.76. The number of aromatic nitrogens is 3. The molecule has 1 saturated heterocycles. The van der Waals surface area contributed by atoms with E-state index >= 15 is 0 Å². The van der Waals surface area contributed by atoms with Gasteiger partial charge in [0.2, 0.25) is 5.03 Å². The van der Waals surface area contributed by atoms with Crippen LogP contribution in [0.4, 0.5) is 0 Å². The molecule has 19 heavy (non-hydrogen) atoms. The number of aryl methyl sites for hydroxylation is 1. The van der Waals surface area contributed by atoms with Crippen LogP contribution >= 0.6 is 15.9 Å². The predicted octanol–water partition coefficient (Wildman–Crippen LogP) is -1.21. The van der Waals surface area contributed by atoms with Gasteiger partial charge in [-0.2, -0.15) is 4.31 Å². The standard InChI is InChI=1S/C8H11BrN4O5S/c1-12-7(6(9)10-11-12)19(17,18)13-3-4(14)2-5(13)8(15)16/h4-5,14H,2-3H2,1H3,(H,15,16)/t4?,5-/m0/s1. The van der Waals surface area contributed by atoms with E-state index in [-0.39, 0.29) is 22.6 Å². The molecule has 0 spiro atoms. The van der Waals surface area contributed by atoms with Crippen molar-refractivity contribution in [2.75, 3.05) is 6.54 Å². The summed E-state index contributed by atoms with van der Waals surface area (Å²) < 4.78 is 26.6. The number of hydrogen-bond acceptors (Lipinski definition) is 6. The number of carbonyl (C=O) groups is 1. The van der Waals surface area contributed by atoms with Crippen LogP contribution < -0.4 is 0 Å². The number of sulfonamides is 1. The quantitative estimate of drug-likeness (QED) is 0.697. The molecule has 1 aliphatic rings. The summed E-state index contributed by atoms with van der Waals surface area (Å²) in [4.78, 5) is 11.1. The van der Waals surface area contributed by atoms with E-state index < -0.39 is 28.1 Å². The Hall–Kier alpha value is -1.04.